The molecular formula is C10H8F3N. The minimum atomic E-state index is -4.39. The minimum absolute atomic E-state index is 0.0421. The van der Waals surface area contributed by atoms with Gasteiger partial charge in [0, 0.05) is 0 Å². The molecule has 0 heterocycles. The maximum Gasteiger partial charge on any atom is 0.416 e. The van der Waals surface area contributed by atoms with E-state index in [9.17, 15) is 13.2 Å². The Balaban J connectivity index is 3.44. The number of nitriles is 1. The first-order valence-electron chi connectivity index (χ1n) is 3.95. The predicted molar refractivity (Wildman–Crippen MR) is 45.6 cm³/mol. The highest BCUT2D eigenvalue weighted by Crippen LogP contribution is 2.33. The van der Waals surface area contributed by atoms with Gasteiger partial charge in [-0.05, 0) is 37.1 Å². The van der Waals surface area contributed by atoms with Crippen molar-refractivity contribution in [2.24, 2.45) is 0 Å². The largest absolute Gasteiger partial charge is 0.416 e. The number of nitrogens with zero attached hydrogens (tertiary/aromatic N) is 1. The number of rotatable bonds is 0. The van der Waals surface area contributed by atoms with Crippen LogP contribution in [0.4, 0.5) is 13.2 Å². The maximum atomic E-state index is 12.4. The van der Waals surface area contributed by atoms with Crippen LogP contribution in [0.25, 0.3) is 0 Å². The molecule has 0 fully saturated rings. The van der Waals surface area contributed by atoms with Gasteiger partial charge < -0.3 is 0 Å². The molecule has 1 aromatic carbocycles. The molecule has 0 bridgehead atoms. The summed E-state index contributed by atoms with van der Waals surface area (Å²) < 4.78 is 37.3. The first-order chi connectivity index (χ1) is 6.36. The second-order valence-corrected chi connectivity index (χ2v) is 3.08. The van der Waals surface area contributed by atoms with Crippen LogP contribution in [-0.2, 0) is 6.18 Å². The Morgan fingerprint density at radius 1 is 1.21 bits per heavy atom. The molecule has 0 aliphatic carbocycles. The summed E-state index contributed by atoms with van der Waals surface area (Å²) in [6.07, 6.45) is -4.39. The van der Waals surface area contributed by atoms with E-state index in [0.29, 0.717) is 5.56 Å². The fourth-order valence-electron chi connectivity index (χ4n) is 1.22. The maximum absolute atomic E-state index is 12.4. The van der Waals surface area contributed by atoms with Gasteiger partial charge in [-0.3, -0.25) is 0 Å². The van der Waals surface area contributed by atoms with Gasteiger partial charge in [-0.2, -0.15) is 18.4 Å². The summed E-state index contributed by atoms with van der Waals surface area (Å²) in [4.78, 5) is 0. The van der Waals surface area contributed by atoms with Crippen molar-refractivity contribution in [3.8, 4) is 6.07 Å². The van der Waals surface area contributed by atoms with Gasteiger partial charge >= 0.3 is 6.18 Å². The zero-order valence-electron chi connectivity index (χ0n) is 7.74. The van der Waals surface area contributed by atoms with E-state index in [1.807, 2.05) is 0 Å². The summed E-state index contributed by atoms with van der Waals surface area (Å²) in [6.45, 7) is 2.96. The zero-order valence-corrected chi connectivity index (χ0v) is 7.74. The molecule has 1 aromatic rings. The van der Waals surface area contributed by atoms with Crippen molar-refractivity contribution >= 4 is 0 Å². The third-order valence-corrected chi connectivity index (χ3v) is 2.10. The lowest BCUT2D eigenvalue weighted by Crippen LogP contribution is -2.09. The first kappa shape index (κ1) is 10.6. The summed E-state index contributed by atoms with van der Waals surface area (Å²) in [5, 5.41) is 8.53. The molecule has 0 unspecified atom stereocenters. The van der Waals surface area contributed by atoms with E-state index in [4.69, 9.17) is 5.26 Å². The second kappa shape index (κ2) is 3.33. The van der Waals surface area contributed by atoms with E-state index in [1.165, 1.54) is 13.0 Å². The molecule has 0 aliphatic rings. The van der Waals surface area contributed by atoms with Gasteiger partial charge in [0.1, 0.15) is 0 Å². The number of alkyl halides is 3. The van der Waals surface area contributed by atoms with Gasteiger partial charge in [-0.1, -0.05) is 0 Å². The number of hydrogen-bond donors (Lipinski definition) is 0. The standard InChI is InChI=1S/C10H8F3N/c1-6-3-8(5-14)4-9(7(6)2)10(11,12)13/h3-4H,1-2H3. The van der Waals surface area contributed by atoms with Gasteiger partial charge in [0.15, 0.2) is 0 Å². The van der Waals surface area contributed by atoms with Crippen LogP contribution >= 0.6 is 0 Å². The van der Waals surface area contributed by atoms with E-state index >= 15 is 0 Å². The SMILES string of the molecule is Cc1cc(C#N)cc(C(F)(F)F)c1C. The van der Waals surface area contributed by atoms with E-state index in [2.05, 4.69) is 0 Å². The van der Waals surface area contributed by atoms with E-state index < -0.39 is 11.7 Å². The number of benzene rings is 1. The summed E-state index contributed by atoms with van der Waals surface area (Å²) in [5.41, 5.74) is -0.0256. The van der Waals surface area contributed by atoms with Crippen molar-refractivity contribution in [3.05, 3.63) is 34.4 Å². The van der Waals surface area contributed by atoms with Crippen molar-refractivity contribution in [2.45, 2.75) is 20.0 Å². The summed E-state index contributed by atoms with van der Waals surface area (Å²) in [6, 6.07) is 4.03. The Bertz CT molecular complexity index is 399. The molecule has 0 saturated carbocycles. The lowest BCUT2D eigenvalue weighted by molar-refractivity contribution is -0.138. The van der Waals surface area contributed by atoms with E-state index in [1.54, 1.807) is 13.0 Å². The molecule has 0 N–H and O–H groups in total. The molecule has 0 aliphatic heterocycles. The van der Waals surface area contributed by atoms with Gasteiger partial charge in [0.25, 0.3) is 0 Å². The Hall–Kier alpha value is -1.50. The molecule has 0 amide bonds. The molecule has 14 heavy (non-hydrogen) atoms. The Morgan fingerprint density at radius 2 is 1.79 bits per heavy atom. The van der Waals surface area contributed by atoms with Crippen molar-refractivity contribution < 1.29 is 13.2 Å². The molecular weight excluding hydrogens is 191 g/mol. The molecule has 0 spiro atoms. The highest BCUT2D eigenvalue weighted by atomic mass is 19.4. The van der Waals surface area contributed by atoms with Crippen LogP contribution < -0.4 is 0 Å². The number of aryl methyl sites for hydroxylation is 1. The second-order valence-electron chi connectivity index (χ2n) is 3.08. The number of hydrogen-bond acceptors (Lipinski definition) is 1. The van der Waals surface area contributed by atoms with E-state index in [-0.39, 0.29) is 11.1 Å². The van der Waals surface area contributed by atoms with Crippen LogP contribution in [0, 0.1) is 25.2 Å². The summed E-state index contributed by atoms with van der Waals surface area (Å²) in [5.74, 6) is 0. The first-order valence-corrected chi connectivity index (χ1v) is 3.95. The monoisotopic (exact) mass is 199 g/mol. The van der Waals surface area contributed by atoms with Gasteiger partial charge in [0.05, 0.1) is 17.2 Å². The molecule has 0 radical (unpaired) electrons. The molecule has 4 heteroatoms. The van der Waals surface area contributed by atoms with Crippen molar-refractivity contribution in [3.63, 3.8) is 0 Å². The summed E-state index contributed by atoms with van der Waals surface area (Å²) in [7, 11) is 0. The molecule has 0 aromatic heterocycles. The fourth-order valence-corrected chi connectivity index (χ4v) is 1.22. The van der Waals surface area contributed by atoms with Gasteiger partial charge in [-0.25, -0.2) is 0 Å². The third kappa shape index (κ3) is 1.87. The fraction of sp³-hybridized carbons (Fsp3) is 0.300. The Kier molecular flexibility index (Phi) is 2.52. The van der Waals surface area contributed by atoms with Crippen molar-refractivity contribution in [1.29, 1.82) is 5.26 Å². The minimum Gasteiger partial charge on any atom is -0.192 e. The lowest BCUT2D eigenvalue weighted by Gasteiger charge is -2.12. The smallest absolute Gasteiger partial charge is 0.192 e. The quantitative estimate of drug-likeness (QED) is 0.629. The predicted octanol–water partition coefficient (Wildman–Crippen LogP) is 3.19. The highest BCUT2D eigenvalue weighted by Gasteiger charge is 2.33. The number of halogens is 3. The van der Waals surface area contributed by atoms with Crippen LogP contribution in [0.15, 0.2) is 12.1 Å². The Morgan fingerprint density at radius 3 is 2.21 bits per heavy atom. The molecule has 1 rings (SSSR count). The third-order valence-electron chi connectivity index (χ3n) is 2.10. The molecule has 1 nitrogen and oxygen atoms in total. The van der Waals surface area contributed by atoms with Crippen LogP contribution in [0.2, 0.25) is 0 Å². The average molecular weight is 199 g/mol. The van der Waals surface area contributed by atoms with Crippen molar-refractivity contribution in [2.75, 3.05) is 0 Å². The van der Waals surface area contributed by atoms with Gasteiger partial charge in [0.2, 0.25) is 0 Å². The molecule has 0 atom stereocenters. The normalized spacial score (nSPS) is 11.1. The Labute approximate surface area is 79.8 Å². The highest BCUT2D eigenvalue weighted by molar-refractivity contribution is 5.43. The molecule has 0 saturated heterocycles. The topological polar surface area (TPSA) is 23.8 Å². The molecule has 74 valence electrons. The van der Waals surface area contributed by atoms with Crippen LogP contribution in [-0.4, -0.2) is 0 Å². The zero-order chi connectivity index (χ0) is 10.9. The lowest BCUT2D eigenvalue weighted by atomic mass is 10.00. The summed E-state index contributed by atoms with van der Waals surface area (Å²) >= 11 is 0. The average Bonchev–Trinajstić information content (AvgIpc) is 2.07. The van der Waals surface area contributed by atoms with Gasteiger partial charge in [-0.15, -0.1) is 0 Å². The van der Waals surface area contributed by atoms with Crippen molar-refractivity contribution in [1.82, 2.24) is 0 Å². The van der Waals surface area contributed by atoms with Crippen LogP contribution in [0.5, 0.6) is 0 Å². The van der Waals surface area contributed by atoms with E-state index in [0.717, 1.165) is 6.07 Å². The van der Waals surface area contributed by atoms with Crippen LogP contribution in [0.3, 0.4) is 0 Å². The van der Waals surface area contributed by atoms with Crippen LogP contribution in [0.1, 0.15) is 22.3 Å².